The largest absolute Gasteiger partial charge is 0.453 e. The Balaban J connectivity index is 1.73. The summed E-state index contributed by atoms with van der Waals surface area (Å²) in [6.45, 7) is 4.47. The van der Waals surface area contributed by atoms with Crippen molar-refractivity contribution < 1.29 is 27.5 Å². The number of alkyl halides is 3. The Labute approximate surface area is 162 Å². The number of ether oxygens (including phenoxy) is 1. The van der Waals surface area contributed by atoms with Gasteiger partial charge in [0.2, 0.25) is 5.91 Å². The Kier molecular flexibility index (Phi) is 5.34. The topological polar surface area (TPSA) is 58.6 Å². The summed E-state index contributed by atoms with van der Waals surface area (Å²) in [4.78, 5) is 25.8. The Morgan fingerprint density at radius 1 is 1.39 bits per heavy atom. The number of benzene rings is 1. The van der Waals surface area contributed by atoms with Crippen molar-refractivity contribution >= 4 is 12.0 Å². The molecule has 1 aliphatic carbocycles. The molecule has 3 unspecified atom stereocenters. The van der Waals surface area contributed by atoms with Crippen LogP contribution >= 0.6 is 0 Å². The summed E-state index contributed by atoms with van der Waals surface area (Å²) in [5, 5.41) is 2.55. The molecule has 1 aliphatic heterocycles. The molecule has 2 aliphatic rings. The third-order valence-electron chi connectivity index (χ3n) is 6.10. The molecular formula is C20H25F3N2O3. The molecule has 5 nitrogen and oxygen atoms in total. The highest BCUT2D eigenvalue weighted by molar-refractivity contribution is 5.80. The van der Waals surface area contributed by atoms with Gasteiger partial charge in [-0.15, -0.1) is 0 Å². The van der Waals surface area contributed by atoms with Crippen molar-refractivity contribution in [2.24, 2.45) is 11.8 Å². The van der Waals surface area contributed by atoms with Gasteiger partial charge >= 0.3 is 12.3 Å². The third-order valence-corrected chi connectivity index (χ3v) is 6.10. The summed E-state index contributed by atoms with van der Waals surface area (Å²) in [5.74, 6) is -0.266. The maximum absolute atomic E-state index is 13.3. The van der Waals surface area contributed by atoms with Gasteiger partial charge in [-0.1, -0.05) is 19.1 Å². The van der Waals surface area contributed by atoms with Gasteiger partial charge < -0.3 is 15.0 Å². The molecule has 2 fully saturated rings. The van der Waals surface area contributed by atoms with Crippen LogP contribution in [0.3, 0.4) is 0 Å². The summed E-state index contributed by atoms with van der Waals surface area (Å²) in [6, 6.07) is 4.52. The van der Waals surface area contributed by atoms with Crippen LogP contribution in [0.25, 0.3) is 0 Å². The van der Waals surface area contributed by atoms with Crippen LogP contribution in [0.1, 0.15) is 36.5 Å². The molecule has 0 aromatic heterocycles. The molecule has 2 amide bonds. The summed E-state index contributed by atoms with van der Waals surface area (Å²) < 4.78 is 44.4. The van der Waals surface area contributed by atoms with E-state index in [2.05, 4.69) is 10.1 Å². The molecular weight excluding hydrogens is 373 g/mol. The number of hydrogen-bond donors (Lipinski definition) is 1. The number of nitrogens with zero attached hydrogens (tertiary/aromatic N) is 1. The maximum Gasteiger partial charge on any atom is 0.416 e. The molecule has 1 saturated heterocycles. The van der Waals surface area contributed by atoms with Crippen molar-refractivity contribution in [3.63, 3.8) is 0 Å². The van der Waals surface area contributed by atoms with Gasteiger partial charge in [-0.05, 0) is 42.9 Å². The number of amides is 2. The lowest BCUT2D eigenvalue weighted by Crippen LogP contribution is -2.42. The molecule has 0 spiro atoms. The van der Waals surface area contributed by atoms with Gasteiger partial charge in [0.15, 0.2) is 0 Å². The number of rotatable bonds is 5. The van der Waals surface area contributed by atoms with Crippen molar-refractivity contribution in [2.75, 3.05) is 26.7 Å². The van der Waals surface area contributed by atoms with Crippen molar-refractivity contribution in [1.29, 1.82) is 0 Å². The fourth-order valence-electron chi connectivity index (χ4n) is 4.28. The van der Waals surface area contributed by atoms with E-state index >= 15 is 0 Å². The summed E-state index contributed by atoms with van der Waals surface area (Å²) in [7, 11) is 1.26. The molecule has 1 aromatic rings. The van der Waals surface area contributed by atoms with E-state index in [9.17, 15) is 22.8 Å². The van der Waals surface area contributed by atoms with E-state index in [1.807, 2.05) is 6.92 Å². The summed E-state index contributed by atoms with van der Waals surface area (Å²) in [5.41, 5.74) is -0.122. The van der Waals surface area contributed by atoms with Crippen LogP contribution in [0.15, 0.2) is 18.2 Å². The monoisotopic (exact) mass is 398 g/mol. The smallest absolute Gasteiger partial charge is 0.416 e. The predicted molar refractivity (Wildman–Crippen MR) is 96.7 cm³/mol. The summed E-state index contributed by atoms with van der Waals surface area (Å²) in [6.07, 6.45) is -3.62. The zero-order chi connectivity index (χ0) is 20.7. The number of aryl methyl sites for hydroxylation is 1. The van der Waals surface area contributed by atoms with E-state index in [-0.39, 0.29) is 35.3 Å². The van der Waals surface area contributed by atoms with Crippen molar-refractivity contribution in [2.45, 2.75) is 38.3 Å². The molecule has 1 aromatic carbocycles. The standard InChI is InChI=1S/C20H25F3N2O3/c1-4-13(9-24-18(27)28-3)17(26)25-10-15-8-19(15,11-25)14-6-5-12(2)16(7-14)20(21,22)23/h5-7,13,15H,4,8-11H2,1-3H3,(H,24,27). The number of methoxy groups -OCH3 is 1. The second kappa shape index (κ2) is 7.29. The van der Waals surface area contributed by atoms with Gasteiger partial charge in [-0.25, -0.2) is 4.79 Å². The van der Waals surface area contributed by atoms with Gasteiger partial charge in [0, 0.05) is 25.0 Å². The lowest BCUT2D eigenvalue weighted by atomic mass is 9.91. The normalized spacial score (nSPS) is 24.5. The highest BCUT2D eigenvalue weighted by atomic mass is 19.4. The number of hydrogen-bond acceptors (Lipinski definition) is 3. The fourth-order valence-corrected chi connectivity index (χ4v) is 4.28. The average molecular weight is 398 g/mol. The number of likely N-dealkylation sites (tertiary alicyclic amines) is 1. The second-order valence-electron chi connectivity index (χ2n) is 7.78. The van der Waals surface area contributed by atoms with Gasteiger partial charge in [-0.2, -0.15) is 13.2 Å². The first-order valence-corrected chi connectivity index (χ1v) is 9.41. The minimum absolute atomic E-state index is 0.0753. The number of carbonyl (C=O) groups excluding carboxylic acids is 2. The maximum atomic E-state index is 13.3. The highest BCUT2D eigenvalue weighted by Gasteiger charge is 2.62. The highest BCUT2D eigenvalue weighted by Crippen LogP contribution is 2.59. The molecule has 154 valence electrons. The van der Waals surface area contributed by atoms with E-state index < -0.39 is 17.8 Å². The Morgan fingerprint density at radius 3 is 2.71 bits per heavy atom. The van der Waals surface area contributed by atoms with Crippen LogP contribution in [-0.4, -0.2) is 43.6 Å². The molecule has 0 radical (unpaired) electrons. The van der Waals surface area contributed by atoms with Crippen LogP contribution < -0.4 is 5.32 Å². The first-order valence-electron chi connectivity index (χ1n) is 9.41. The molecule has 3 rings (SSSR count). The van der Waals surface area contributed by atoms with Crippen LogP contribution in [0.4, 0.5) is 18.0 Å². The third kappa shape index (κ3) is 3.69. The Hall–Kier alpha value is -2.25. The number of alkyl carbamates (subject to hydrolysis) is 1. The van der Waals surface area contributed by atoms with Crippen molar-refractivity contribution in [3.8, 4) is 0 Å². The molecule has 3 atom stereocenters. The minimum Gasteiger partial charge on any atom is -0.453 e. The van der Waals surface area contributed by atoms with E-state index in [4.69, 9.17) is 0 Å². The molecule has 28 heavy (non-hydrogen) atoms. The predicted octanol–water partition coefficient (Wildman–Crippen LogP) is 3.50. The van der Waals surface area contributed by atoms with Gasteiger partial charge in [-0.3, -0.25) is 4.79 Å². The number of nitrogens with one attached hydrogen (secondary N) is 1. The van der Waals surface area contributed by atoms with Crippen LogP contribution in [0.5, 0.6) is 0 Å². The van der Waals surface area contributed by atoms with E-state index in [1.165, 1.54) is 26.2 Å². The SMILES string of the molecule is CCC(CNC(=O)OC)C(=O)N1CC2CC2(c2ccc(C)c(C(F)(F)F)c2)C1. The van der Waals surface area contributed by atoms with Crippen LogP contribution in [0.2, 0.25) is 0 Å². The first-order chi connectivity index (χ1) is 13.1. The molecule has 8 heteroatoms. The summed E-state index contributed by atoms with van der Waals surface area (Å²) >= 11 is 0. The number of fused-ring (bicyclic) bond motifs is 1. The van der Waals surface area contributed by atoms with Crippen LogP contribution in [-0.2, 0) is 21.1 Å². The number of halogens is 3. The molecule has 0 bridgehead atoms. The van der Waals surface area contributed by atoms with Crippen molar-refractivity contribution in [3.05, 3.63) is 34.9 Å². The Bertz CT molecular complexity index is 780. The lowest BCUT2D eigenvalue weighted by molar-refractivity contribution is -0.138. The number of carbonyl (C=O) groups is 2. The lowest BCUT2D eigenvalue weighted by Gasteiger charge is -2.26. The van der Waals surface area contributed by atoms with Gasteiger partial charge in [0.25, 0.3) is 0 Å². The fraction of sp³-hybridized carbons (Fsp3) is 0.600. The van der Waals surface area contributed by atoms with E-state index in [0.717, 1.165) is 6.42 Å². The second-order valence-corrected chi connectivity index (χ2v) is 7.78. The first kappa shape index (κ1) is 20.5. The van der Waals surface area contributed by atoms with Gasteiger partial charge in [0.1, 0.15) is 0 Å². The number of piperidine rings is 1. The Morgan fingerprint density at radius 2 is 2.11 bits per heavy atom. The van der Waals surface area contributed by atoms with Crippen molar-refractivity contribution in [1.82, 2.24) is 10.2 Å². The molecule has 1 N–H and O–H groups in total. The molecule has 1 saturated carbocycles. The average Bonchev–Trinajstić information content (AvgIpc) is 3.22. The van der Waals surface area contributed by atoms with E-state index in [0.29, 0.717) is 25.1 Å². The zero-order valence-corrected chi connectivity index (χ0v) is 16.2. The van der Waals surface area contributed by atoms with E-state index in [1.54, 1.807) is 11.0 Å². The van der Waals surface area contributed by atoms with Gasteiger partial charge in [0.05, 0.1) is 18.6 Å². The quantitative estimate of drug-likeness (QED) is 0.826. The minimum atomic E-state index is -4.39. The van der Waals surface area contributed by atoms with Crippen LogP contribution in [0, 0.1) is 18.8 Å². The molecule has 1 heterocycles. The zero-order valence-electron chi connectivity index (χ0n) is 16.2.